The van der Waals surface area contributed by atoms with Crippen LogP contribution in [0.25, 0.3) is 22.3 Å². The number of para-hydroxylation sites is 1. The molecular formula is C24H22F2N6O2. The zero-order valence-corrected chi connectivity index (χ0v) is 18.1. The van der Waals surface area contributed by atoms with Gasteiger partial charge in [-0.1, -0.05) is 30.3 Å². The topological polar surface area (TPSA) is 121 Å². The van der Waals surface area contributed by atoms with Crippen molar-refractivity contribution in [1.29, 1.82) is 0 Å². The average Bonchev–Trinajstić information content (AvgIpc) is 3.47. The number of ether oxygens (including phenoxy) is 1. The van der Waals surface area contributed by atoms with Crippen molar-refractivity contribution in [2.45, 2.75) is 25.5 Å². The number of rotatable bonds is 5. The largest absolute Gasteiger partial charge is 0.397 e. The van der Waals surface area contributed by atoms with E-state index in [1.807, 2.05) is 0 Å². The summed E-state index contributed by atoms with van der Waals surface area (Å²) in [6, 6.07) is 12.3. The third-order valence-corrected chi connectivity index (χ3v) is 5.79. The predicted molar refractivity (Wildman–Crippen MR) is 125 cm³/mol. The van der Waals surface area contributed by atoms with Crippen molar-refractivity contribution in [3.63, 3.8) is 0 Å². The van der Waals surface area contributed by atoms with Crippen LogP contribution in [0.1, 0.15) is 18.4 Å². The van der Waals surface area contributed by atoms with Crippen molar-refractivity contribution in [1.82, 2.24) is 14.8 Å². The molecule has 1 aliphatic heterocycles. The summed E-state index contributed by atoms with van der Waals surface area (Å²) in [5.41, 5.74) is 13.9. The van der Waals surface area contributed by atoms with E-state index in [1.54, 1.807) is 30.3 Å². The van der Waals surface area contributed by atoms with Crippen LogP contribution >= 0.6 is 0 Å². The summed E-state index contributed by atoms with van der Waals surface area (Å²) >= 11 is 0. The molecule has 5 rings (SSSR count). The molecule has 1 unspecified atom stereocenters. The van der Waals surface area contributed by atoms with Gasteiger partial charge in [-0.2, -0.15) is 5.10 Å². The van der Waals surface area contributed by atoms with Crippen LogP contribution in [0.3, 0.4) is 0 Å². The Morgan fingerprint density at radius 2 is 1.94 bits per heavy atom. The van der Waals surface area contributed by atoms with Gasteiger partial charge in [0.15, 0.2) is 0 Å². The number of nitrogen functional groups attached to an aromatic ring is 2. The Kier molecular flexibility index (Phi) is 5.58. The van der Waals surface area contributed by atoms with Gasteiger partial charge in [0, 0.05) is 17.6 Å². The van der Waals surface area contributed by atoms with Crippen molar-refractivity contribution in [3.05, 3.63) is 65.7 Å². The van der Waals surface area contributed by atoms with Crippen molar-refractivity contribution in [2.24, 2.45) is 0 Å². The molecule has 1 saturated heterocycles. The standard InChI is InChI=1S/C24H22F2N6O2/c25-15-7-2-1-5-13(15)12-32-22-14(6-3-8-16(22)26)20(31-32)18-11-17(27)21(23(28)29-18)30-24(33)19-9-4-10-34-19/h1-3,5-8,11,19H,4,9-10,12H2,(H,30,33)(H4,27,28,29). The minimum atomic E-state index is -0.556. The number of hydrogen-bond donors (Lipinski definition) is 3. The minimum Gasteiger partial charge on any atom is -0.397 e. The van der Waals surface area contributed by atoms with Gasteiger partial charge in [0.25, 0.3) is 5.91 Å². The number of hydrogen-bond acceptors (Lipinski definition) is 6. The molecule has 1 atom stereocenters. The molecule has 1 aliphatic rings. The summed E-state index contributed by atoms with van der Waals surface area (Å²) in [5, 5.41) is 7.68. The summed E-state index contributed by atoms with van der Waals surface area (Å²) < 4.78 is 35.8. The lowest BCUT2D eigenvalue weighted by molar-refractivity contribution is -0.124. The molecular weight excluding hydrogens is 442 g/mol. The third kappa shape index (κ3) is 3.92. The van der Waals surface area contributed by atoms with E-state index in [4.69, 9.17) is 16.2 Å². The first-order valence-electron chi connectivity index (χ1n) is 10.8. The van der Waals surface area contributed by atoms with Crippen LogP contribution < -0.4 is 16.8 Å². The second-order valence-corrected chi connectivity index (χ2v) is 8.08. The fourth-order valence-electron chi connectivity index (χ4n) is 4.12. The van der Waals surface area contributed by atoms with Crippen LogP contribution in [0.15, 0.2) is 48.5 Å². The number of halogens is 2. The van der Waals surface area contributed by atoms with Crippen molar-refractivity contribution < 1.29 is 18.3 Å². The first-order chi connectivity index (χ1) is 16.4. The predicted octanol–water partition coefficient (Wildman–Crippen LogP) is 3.71. The van der Waals surface area contributed by atoms with Gasteiger partial charge in [0.2, 0.25) is 0 Å². The number of carbonyl (C=O) groups excluding carboxylic acids is 1. The molecule has 0 aliphatic carbocycles. The summed E-state index contributed by atoms with van der Waals surface area (Å²) in [5.74, 6) is -1.27. The number of amides is 1. The highest BCUT2D eigenvalue weighted by molar-refractivity contribution is 6.01. The zero-order chi connectivity index (χ0) is 23.8. The summed E-state index contributed by atoms with van der Waals surface area (Å²) in [6.45, 7) is 0.546. The Balaban J connectivity index is 1.55. The van der Waals surface area contributed by atoms with Crippen molar-refractivity contribution in [2.75, 3.05) is 23.4 Å². The Morgan fingerprint density at radius 1 is 1.15 bits per heavy atom. The highest BCUT2D eigenvalue weighted by Gasteiger charge is 2.26. The number of carbonyl (C=O) groups is 1. The fourth-order valence-corrected chi connectivity index (χ4v) is 4.12. The number of aromatic nitrogens is 3. The summed E-state index contributed by atoms with van der Waals surface area (Å²) in [6.07, 6.45) is 0.868. The highest BCUT2D eigenvalue weighted by Crippen LogP contribution is 2.34. The maximum Gasteiger partial charge on any atom is 0.253 e. The van der Waals surface area contributed by atoms with Gasteiger partial charge in [-0.3, -0.25) is 9.48 Å². The lowest BCUT2D eigenvalue weighted by Gasteiger charge is -2.14. The molecule has 0 bridgehead atoms. The van der Waals surface area contributed by atoms with E-state index in [0.29, 0.717) is 35.4 Å². The van der Waals surface area contributed by atoms with Gasteiger partial charge in [0.1, 0.15) is 40.5 Å². The molecule has 2 aromatic heterocycles. The molecule has 5 N–H and O–H groups in total. The zero-order valence-electron chi connectivity index (χ0n) is 18.1. The Hall–Kier alpha value is -4.05. The number of benzene rings is 2. The number of nitrogens with one attached hydrogen (secondary N) is 1. The van der Waals surface area contributed by atoms with Crippen molar-refractivity contribution >= 4 is 34.0 Å². The molecule has 1 amide bonds. The number of anilines is 3. The minimum absolute atomic E-state index is 0.00504. The SMILES string of the molecule is Nc1cc(-c2nn(Cc3ccccc3F)c3c(F)cccc23)nc(N)c1NC(=O)C1CCCO1. The maximum atomic E-state index is 14.8. The number of nitrogens with zero attached hydrogens (tertiary/aromatic N) is 3. The van der Waals surface area contributed by atoms with Crippen molar-refractivity contribution in [3.8, 4) is 11.4 Å². The van der Waals surface area contributed by atoms with E-state index >= 15 is 0 Å². The highest BCUT2D eigenvalue weighted by atomic mass is 19.1. The van der Waals surface area contributed by atoms with Gasteiger partial charge in [-0.05, 0) is 31.0 Å². The van der Waals surface area contributed by atoms with E-state index in [2.05, 4.69) is 15.4 Å². The molecule has 3 heterocycles. The fraction of sp³-hybridized carbons (Fsp3) is 0.208. The third-order valence-electron chi connectivity index (χ3n) is 5.79. The molecule has 34 heavy (non-hydrogen) atoms. The lowest BCUT2D eigenvalue weighted by atomic mass is 10.1. The van der Waals surface area contributed by atoms with Gasteiger partial charge in [-0.25, -0.2) is 13.8 Å². The smallest absolute Gasteiger partial charge is 0.253 e. The van der Waals surface area contributed by atoms with E-state index in [-0.39, 0.29) is 35.2 Å². The lowest BCUT2D eigenvalue weighted by Crippen LogP contribution is -2.27. The normalized spacial score (nSPS) is 15.6. The number of nitrogens with two attached hydrogens (primary N) is 2. The van der Waals surface area contributed by atoms with Gasteiger partial charge in [-0.15, -0.1) is 0 Å². The Labute approximate surface area is 193 Å². The summed E-state index contributed by atoms with van der Waals surface area (Å²) in [4.78, 5) is 16.8. The maximum absolute atomic E-state index is 14.8. The van der Waals surface area contributed by atoms with Gasteiger partial charge >= 0.3 is 0 Å². The monoisotopic (exact) mass is 464 g/mol. The number of pyridine rings is 1. The molecule has 0 saturated carbocycles. The Bertz CT molecular complexity index is 1370. The van der Waals surface area contributed by atoms with E-state index in [0.717, 1.165) is 6.42 Å². The molecule has 1 fully saturated rings. The quantitative estimate of drug-likeness (QED) is 0.414. The number of fused-ring (bicyclic) bond motifs is 1. The van der Waals surface area contributed by atoms with Crippen LogP contribution in [0, 0.1) is 11.6 Å². The summed E-state index contributed by atoms with van der Waals surface area (Å²) in [7, 11) is 0. The first kappa shape index (κ1) is 21.8. The van der Waals surface area contributed by atoms with E-state index < -0.39 is 17.7 Å². The van der Waals surface area contributed by atoms with Crippen LogP contribution in [-0.2, 0) is 16.1 Å². The van der Waals surface area contributed by atoms with E-state index in [9.17, 15) is 13.6 Å². The molecule has 2 aromatic carbocycles. The van der Waals surface area contributed by atoms with Crippen LogP contribution in [-0.4, -0.2) is 33.4 Å². The van der Waals surface area contributed by atoms with Crippen LogP contribution in [0.4, 0.5) is 26.0 Å². The molecule has 174 valence electrons. The molecule has 8 nitrogen and oxygen atoms in total. The second-order valence-electron chi connectivity index (χ2n) is 8.08. The Morgan fingerprint density at radius 3 is 2.68 bits per heavy atom. The molecule has 0 radical (unpaired) electrons. The van der Waals surface area contributed by atoms with Gasteiger partial charge in [0.05, 0.1) is 17.9 Å². The first-order valence-corrected chi connectivity index (χ1v) is 10.8. The average molecular weight is 464 g/mol. The molecule has 10 heteroatoms. The van der Waals surface area contributed by atoms with Crippen LogP contribution in [0.5, 0.6) is 0 Å². The second kappa shape index (κ2) is 8.71. The molecule has 4 aromatic rings. The van der Waals surface area contributed by atoms with E-state index in [1.165, 1.54) is 22.9 Å². The van der Waals surface area contributed by atoms with Gasteiger partial charge < -0.3 is 21.5 Å². The molecule has 0 spiro atoms. The van der Waals surface area contributed by atoms with Crippen LogP contribution in [0.2, 0.25) is 0 Å².